The van der Waals surface area contributed by atoms with Crippen molar-refractivity contribution in [3.8, 4) is 0 Å². The first-order valence-electron chi connectivity index (χ1n) is 12.1. The highest BCUT2D eigenvalue weighted by molar-refractivity contribution is 6.76. The zero-order chi connectivity index (χ0) is 29.3. The van der Waals surface area contributed by atoms with Crippen molar-refractivity contribution in [2.45, 2.75) is 85.8 Å². The van der Waals surface area contributed by atoms with Gasteiger partial charge in [-0.15, -0.1) is 0 Å². The number of alkyl halides is 6. The minimum atomic E-state index is -2.41. The van der Waals surface area contributed by atoms with Gasteiger partial charge < -0.3 is 11.1 Å². The Bertz CT molecular complexity index is 567. The molecule has 0 saturated carbocycles. The first kappa shape index (κ1) is 39.7. The van der Waals surface area contributed by atoms with Gasteiger partial charge in [-0.2, -0.15) is 0 Å². The van der Waals surface area contributed by atoms with E-state index in [1.165, 1.54) is 25.7 Å². The summed E-state index contributed by atoms with van der Waals surface area (Å²) in [6.45, 7) is 17.5. The number of nitrogens with zero attached hydrogens (tertiary/aromatic N) is 1. The summed E-state index contributed by atoms with van der Waals surface area (Å²) in [5.41, 5.74) is 5.37. The van der Waals surface area contributed by atoms with Crippen LogP contribution in [0.3, 0.4) is 0 Å². The van der Waals surface area contributed by atoms with E-state index in [2.05, 4.69) is 44.6 Å². The molecular weight excluding hydrogens is 520 g/mol. The number of Topliss-reactive ketones (excluding diaryl/α,β-unsaturated/α-hetero) is 2. The molecule has 0 aromatic heterocycles. The van der Waals surface area contributed by atoms with E-state index in [9.17, 15) is 35.9 Å². The highest BCUT2D eigenvalue weighted by atomic mass is 28.3. The number of hydrogen-bond donors (Lipinski definition) is 2. The molecule has 0 aromatic carbocycles. The van der Waals surface area contributed by atoms with Crippen molar-refractivity contribution in [3.05, 3.63) is 0 Å². The minimum absolute atomic E-state index is 0.0278. The topological polar surface area (TPSA) is 75.4 Å². The number of carbonyl (C=O) groups excluding carboxylic acids is 2. The van der Waals surface area contributed by atoms with E-state index >= 15 is 0 Å². The summed E-state index contributed by atoms with van der Waals surface area (Å²) in [5.74, 6) is -0.985. The maximum atomic E-state index is 12.1. The molecule has 0 unspecified atom stereocenters. The smallest absolute Gasteiger partial charge is 0.251 e. The summed E-state index contributed by atoms with van der Waals surface area (Å²) < 4.78 is 68.9. The average molecular weight is 570 g/mol. The highest BCUT2D eigenvalue weighted by Gasteiger charge is 2.38. The fourth-order valence-corrected chi connectivity index (χ4v) is 3.50. The Labute approximate surface area is 216 Å². The van der Waals surface area contributed by atoms with Crippen molar-refractivity contribution in [3.63, 3.8) is 0 Å². The first-order chi connectivity index (χ1) is 16.2. The number of nitrogens with one attached hydrogen (secondary N) is 1. The van der Waals surface area contributed by atoms with Gasteiger partial charge >= 0.3 is 0 Å². The van der Waals surface area contributed by atoms with E-state index < -0.39 is 47.3 Å². The molecule has 0 bridgehead atoms. The second-order valence-electron chi connectivity index (χ2n) is 11.2. The second-order valence-corrected chi connectivity index (χ2v) is 22.2. The Morgan fingerprint density at radius 3 is 1.39 bits per heavy atom. The van der Waals surface area contributed by atoms with Gasteiger partial charge in [-0.3, -0.25) is 14.5 Å². The van der Waals surface area contributed by atoms with Gasteiger partial charge in [-0.05, 0) is 26.2 Å². The van der Waals surface area contributed by atoms with Gasteiger partial charge in [0.15, 0.2) is 0 Å². The van der Waals surface area contributed by atoms with Gasteiger partial charge in [0.1, 0.15) is 11.6 Å². The lowest BCUT2D eigenvalue weighted by Crippen LogP contribution is -2.38. The number of ketones is 2. The standard InChI is InChI=1S/C10H15F2NO2.C6H15F2NSi.C4H13NSi.C3H6F2/c1-6(14)8-3-13(5-10(11)12)4-9(8)7(2)15;1-10(2,3)5-9-4-6(7)8;1-6(2,3)4-5;1-2-3(4)5/h8-10H,3-5H2,1-2H3;6,9H,4-5H2,1-3H3;4-5H2,1-3H3;3H,2H2,1H3/t8-,9-;;;/m1.../s1. The predicted molar refractivity (Wildman–Crippen MR) is 142 cm³/mol. The summed E-state index contributed by atoms with van der Waals surface area (Å²) in [7, 11) is -2.02. The number of halogens is 6. The fourth-order valence-electron chi connectivity index (χ4n) is 2.61. The third-order valence-electron chi connectivity index (χ3n) is 4.71. The van der Waals surface area contributed by atoms with Gasteiger partial charge in [0.2, 0.25) is 6.43 Å². The number of likely N-dealkylation sites (tertiary alicyclic amines) is 1. The van der Waals surface area contributed by atoms with E-state index in [1.54, 1.807) is 0 Å². The Hall–Kier alpha value is -0.766. The Balaban J connectivity index is -0.000000448. The molecule has 1 heterocycles. The maximum absolute atomic E-state index is 12.1. The summed E-state index contributed by atoms with van der Waals surface area (Å²) in [4.78, 5) is 23.9. The van der Waals surface area contributed by atoms with Crippen molar-refractivity contribution in [1.29, 1.82) is 0 Å². The van der Waals surface area contributed by atoms with Crippen LogP contribution in [0.2, 0.25) is 39.3 Å². The number of rotatable bonds is 10. The summed E-state index contributed by atoms with van der Waals surface area (Å²) in [5, 5.41) is 2.74. The largest absolute Gasteiger partial charge is 0.333 e. The van der Waals surface area contributed by atoms with Crippen LogP contribution in [0.1, 0.15) is 27.2 Å². The van der Waals surface area contributed by atoms with Crippen LogP contribution in [0, 0.1) is 11.8 Å². The van der Waals surface area contributed by atoms with Crippen molar-refractivity contribution in [2.75, 3.05) is 38.5 Å². The van der Waals surface area contributed by atoms with Crippen LogP contribution in [-0.4, -0.2) is 90.4 Å². The maximum Gasteiger partial charge on any atom is 0.251 e. The van der Waals surface area contributed by atoms with E-state index in [1.807, 2.05) is 0 Å². The molecule has 0 aliphatic carbocycles. The van der Waals surface area contributed by atoms with E-state index in [4.69, 9.17) is 5.73 Å². The van der Waals surface area contributed by atoms with Crippen molar-refractivity contribution < 1.29 is 35.9 Å². The van der Waals surface area contributed by atoms with Crippen LogP contribution in [0.15, 0.2) is 0 Å². The molecule has 5 nitrogen and oxygen atoms in total. The monoisotopic (exact) mass is 569 g/mol. The Kier molecular flexibility index (Phi) is 22.3. The van der Waals surface area contributed by atoms with Crippen LogP contribution >= 0.6 is 0 Å². The summed E-state index contributed by atoms with van der Waals surface area (Å²) in [6.07, 6.45) is -5.08. The lowest BCUT2D eigenvalue weighted by atomic mass is 9.90. The zero-order valence-corrected chi connectivity index (χ0v) is 25.4. The third-order valence-corrected chi connectivity index (χ3v) is 7.25. The van der Waals surface area contributed by atoms with Crippen LogP contribution in [-0.2, 0) is 9.59 Å². The fraction of sp³-hybridized carbons (Fsp3) is 0.913. The third kappa shape index (κ3) is 27.8. The molecule has 2 atom stereocenters. The highest BCUT2D eigenvalue weighted by Crippen LogP contribution is 2.25. The lowest BCUT2D eigenvalue weighted by molar-refractivity contribution is -0.128. The zero-order valence-electron chi connectivity index (χ0n) is 23.4. The number of nitrogens with two attached hydrogens (primary N) is 1. The van der Waals surface area contributed by atoms with Gasteiger partial charge in [0.05, 0.1) is 29.2 Å². The van der Waals surface area contributed by atoms with Gasteiger partial charge in [-0.25, -0.2) is 26.3 Å². The van der Waals surface area contributed by atoms with Crippen molar-refractivity contribution in [1.82, 2.24) is 10.2 Å². The summed E-state index contributed by atoms with van der Waals surface area (Å²) >= 11 is 0. The van der Waals surface area contributed by atoms with Crippen LogP contribution in [0.25, 0.3) is 0 Å². The van der Waals surface area contributed by atoms with Crippen LogP contribution in [0.5, 0.6) is 0 Å². The first-order valence-corrected chi connectivity index (χ1v) is 19.6. The molecule has 36 heavy (non-hydrogen) atoms. The van der Waals surface area contributed by atoms with Gasteiger partial charge in [-0.1, -0.05) is 46.2 Å². The van der Waals surface area contributed by atoms with E-state index in [0.29, 0.717) is 0 Å². The quantitative estimate of drug-likeness (QED) is 0.280. The number of hydrogen-bond acceptors (Lipinski definition) is 5. The molecule has 0 amide bonds. The van der Waals surface area contributed by atoms with Crippen LogP contribution in [0.4, 0.5) is 26.3 Å². The van der Waals surface area contributed by atoms with Crippen molar-refractivity contribution in [2.24, 2.45) is 17.6 Å². The Morgan fingerprint density at radius 2 is 1.19 bits per heavy atom. The van der Waals surface area contributed by atoms with Crippen molar-refractivity contribution >= 4 is 27.7 Å². The minimum Gasteiger partial charge on any atom is -0.333 e. The van der Waals surface area contributed by atoms with Gasteiger partial charge in [0.25, 0.3) is 12.9 Å². The Morgan fingerprint density at radius 1 is 0.833 bits per heavy atom. The normalized spacial score (nSPS) is 18.2. The molecule has 1 aliphatic rings. The molecule has 1 fully saturated rings. The SMILES string of the molecule is CC(=O)[C@H]1CN(CC(F)F)C[C@@H]1C(C)=O.CCC(F)F.C[Si](C)(C)CN.C[Si](C)(C)CNCC(F)F. The molecule has 0 spiro atoms. The average Bonchev–Trinajstić information content (AvgIpc) is 3.11. The molecular formula is C23H49F6N3O2Si2. The molecule has 3 N–H and O–H groups in total. The lowest BCUT2D eigenvalue weighted by Gasteiger charge is -2.15. The van der Waals surface area contributed by atoms with E-state index in [0.717, 1.165) is 12.3 Å². The summed E-state index contributed by atoms with van der Waals surface area (Å²) in [6, 6.07) is 0. The molecule has 1 aliphatic heterocycles. The molecule has 0 radical (unpaired) electrons. The van der Waals surface area contributed by atoms with Gasteiger partial charge in [0, 0.05) is 31.3 Å². The van der Waals surface area contributed by atoms with E-state index in [-0.39, 0.29) is 44.2 Å². The molecule has 218 valence electrons. The van der Waals surface area contributed by atoms with Crippen LogP contribution < -0.4 is 11.1 Å². The molecule has 1 rings (SSSR count). The molecule has 0 aromatic rings. The number of carbonyl (C=O) groups is 2. The second kappa shape index (κ2) is 20.2. The predicted octanol–water partition coefficient (Wildman–Crippen LogP) is 5.18. The molecule has 1 saturated heterocycles. The molecule has 13 heteroatoms.